The number of rotatable bonds is 4. The third-order valence-electron chi connectivity index (χ3n) is 2.21. The van der Waals surface area contributed by atoms with Crippen LogP contribution in [0.2, 0.25) is 0 Å². The normalized spacial score (nSPS) is 10.6. The van der Waals surface area contributed by atoms with Crippen LogP contribution < -0.4 is 5.73 Å². The Morgan fingerprint density at radius 2 is 2.31 bits per heavy atom. The summed E-state index contributed by atoms with van der Waals surface area (Å²) in [5, 5.41) is 4.67. The lowest BCUT2D eigenvalue weighted by atomic mass is 10.2. The fourth-order valence-corrected chi connectivity index (χ4v) is 3.04. The number of thiophene rings is 1. The predicted octanol–water partition coefficient (Wildman–Crippen LogP) is 2.25. The first-order valence-electron chi connectivity index (χ1n) is 4.95. The van der Waals surface area contributed by atoms with E-state index >= 15 is 0 Å². The van der Waals surface area contributed by atoms with Gasteiger partial charge < -0.3 is 5.73 Å². The SMILES string of the molecule is Cc1ccsc1C(=O)c1csc(CCN)n1. The Hall–Kier alpha value is -1.04. The zero-order chi connectivity index (χ0) is 11.5. The summed E-state index contributed by atoms with van der Waals surface area (Å²) < 4.78 is 0. The Balaban J connectivity index is 2.24. The Labute approximate surface area is 102 Å². The minimum Gasteiger partial charge on any atom is -0.330 e. The maximum absolute atomic E-state index is 12.1. The predicted molar refractivity (Wildman–Crippen MR) is 67.4 cm³/mol. The molecule has 0 aromatic carbocycles. The number of aromatic nitrogens is 1. The molecule has 0 unspecified atom stereocenters. The molecule has 3 nitrogen and oxygen atoms in total. The van der Waals surface area contributed by atoms with Gasteiger partial charge in [-0.2, -0.15) is 0 Å². The number of ketones is 1. The van der Waals surface area contributed by atoms with Gasteiger partial charge in [0.05, 0.1) is 9.88 Å². The quantitative estimate of drug-likeness (QED) is 0.849. The van der Waals surface area contributed by atoms with Gasteiger partial charge in [0, 0.05) is 11.8 Å². The average molecular weight is 252 g/mol. The molecule has 0 radical (unpaired) electrons. The standard InChI is InChI=1S/C11H12N2OS2/c1-7-3-5-15-11(7)10(14)8-6-16-9(13-8)2-4-12/h3,5-6H,2,4,12H2,1H3. The zero-order valence-corrected chi connectivity index (χ0v) is 10.5. The minimum atomic E-state index is 0.0204. The highest BCUT2D eigenvalue weighted by Crippen LogP contribution is 2.21. The molecule has 16 heavy (non-hydrogen) atoms. The van der Waals surface area contributed by atoms with Crippen LogP contribution in [0.25, 0.3) is 0 Å². The monoisotopic (exact) mass is 252 g/mol. The number of carbonyl (C=O) groups excluding carboxylic acids is 1. The van der Waals surface area contributed by atoms with Crippen molar-refractivity contribution in [2.75, 3.05) is 6.54 Å². The van der Waals surface area contributed by atoms with Gasteiger partial charge in [-0.25, -0.2) is 4.98 Å². The van der Waals surface area contributed by atoms with Gasteiger partial charge in [0.25, 0.3) is 0 Å². The molecule has 0 bridgehead atoms. The third kappa shape index (κ3) is 2.21. The maximum atomic E-state index is 12.1. The smallest absolute Gasteiger partial charge is 0.222 e. The van der Waals surface area contributed by atoms with E-state index in [0.717, 1.165) is 21.9 Å². The molecule has 2 N–H and O–H groups in total. The lowest BCUT2D eigenvalue weighted by molar-refractivity contribution is 0.103. The average Bonchev–Trinajstić information content (AvgIpc) is 2.87. The van der Waals surface area contributed by atoms with Crippen LogP contribution in [0.1, 0.15) is 25.9 Å². The summed E-state index contributed by atoms with van der Waals surface area (Å²) >= 11 is 2.96. The van der Waals surface area contributed by atoms with E-state index < -0.39 is 0 Å². The lowest BCUT2D eigenvalue weighted by Crippen LogP contribution is -2.04. The lowest BCUT2D eigenvalue weighted by Gasteiger charge is -1.94. The zero-order valence-electron chi connectivity index (χ0n) is 8.90. The first-order valence-corrected chi connectivity index (χ1v) is 6.71. The van der Waals surface area contributed by atoms with Crippen LogP contribution >= 0.6 is 22.7 Å². The molecular weight excluding hydrogens is 240 g/mol. The summed E-state index contributed by atoms with van der Waals surface area (Å²) in [4.78, 5) is 17.1. The van der Waals surface area contributed by atoms with E-state index in [1.807, 2.05) is 23.8 Å². The second-order valence-electron chi connectivity index (χ2n) is 3.43. The van der Waals surface area contributed by atoms with Crippen LogP contribution in [0, 0.1) is 6.92 Å². The highest BCUT2D eigenvalue weighted by Gasteiger charge is 2.16. The molecule has 0 spiro atoms. The Morgan fingerprint density at radius 1 is 1.50 bits per heavy atom. The van der Waals surface area contributed by atoms with Crippen molar-refractivity contribution in [3.05, 3.63) is 38.0 Å². The molecule has 0 amide bonds. The molecule has 2 heterocycles. The fourth-order valence-electron chi connectivity index (χ4n) is 1.38. The largest absolute Gasteiger partial charge is 0.330 e. The molecule has 0 aliphatic heterocycles. The molecule has 2 aromatic rings. The second kappa shape index (κ2) is 4.86. The molecule has 0 saturated carbocycles. The summed E-state index contributed by atoms with van der Waals surface area (Å²) in [6.45, 7) is 2.51. The van der Waals surface area contributed by atoms with E-state index in [1.54, 1.807) is 0 Å². The molecule has 0 aliphatic rings. The van der Waals surface area contributed by atoms with Crippen molar-refractivity contribution >= 4 is 28.5 Å². The molecule has 0 atom stereocenters. The summed E-state index contributed by atoms with van der Waals surface area (Å²) in [7, 11) is 0. The molecule has 2 aromatic heterocycles. The highest BCUT2D eigenvalue weighted by molar-refractivity contribution is 7.12. The first kappa shape index (κ1) is 11.4. The van der Waals surface area contributed by atoms with Crippen molar-refractivity contribution in [1.29, 1.82) is 0 Å². The van der Waals surface area contributed by atoms with Crippen molar-refractivity contribution in [2.24, 2.45) is 5.73 Å². The number of nitrogens with two attached hydrogens (primary N) is 1. The van der Waals surface area contributed by atoms with Gasteiger partial charge in [0.1, 0.15) is 5.69 Å². The van der Waals surface area contributed by atoms with E-state index in [-0.39, 0.29) is 5.78 Å². The highest BCUT2D eigenvalue weighted by atomic mass is 32.1. The molecule has 0 fully saturated rings. The third-order valence-corrected chi connectivity index (χ3v) is 4.13. The van der Waals surface area contributed by atoms with Crippen molar-refractivity contribution in [2.45, 2.75) is 13.3 Å². The van der Waals surface area contributed by atoms with Gasteiger partial charge in [-0.1, -0.05) is 0 Å². The van der Waals surface area contributed by atoms with Crippen molar-refractivity contribution < 1.29 is 4.79 Å². The van der Waals surface area contributed by atoms with Crippen molar-refractivity contribution in [3.63, 3.8) is 0 Å². The summed E-state index contributed by atoms with van der Waals surface area (Å²) in [6, 6.07) is 1.95. The van der Waals surface area contributed by atoms with Crippen LogP contribution in [0.15, 0.2) is 16.8 Å². The second-order valence-corrected chi connectivity index (χ2v) is 5.29. The Morgan fingerprint density at radius 3 is 2.94 bits per heavy atom. The van der Waals surface area contributed by atoms with Gasteiger partial charge in [-0.3, -0.25) is 4.79 Å². The molecule has 84 valence electrons. The number of nitrogens with zero attached hydrogens (tertiary/aromatic N) is 1. The van der Waals surface area contributed by atoms with Crippen LogP contribution in [-0.2, 0) is 6.42 Å². The van der Waals surface area contributed by atoms with Crippen molar-refractivity contribution in [1.82, 2.24) is 4.98 Å². The van der Waals surface area contributed by atoms with Gasteiger partial charge in [-0.05, 0) is 30.5 Å². The number of carbonyl (C=O) groups is 1. The van der Waals surface area contributed by atoms with E-state index in [0.29, 0.717) is 12.2 Å². The summed E-state index contributed by atoms with van der Waals surface area (Å²) in [5.41, 5.74) is 7.01. The van der Waals surface area contributed by atoms with Gasteiger partial charge in [-0.15, -0.1) is 22.7 Å². The Bertz CT molecular complexity index is 502. The van der Waals surface area contributed by atoms with E-state index in [9.17, 15) is 4.79 Å². The van der Waals surface area contributed by atoms with Gasteiger partial charge in [0.2, 0.25) is 5.78 Å². The van der Waals surface area contributed by atoms with Crippen LogP contribution in [-0.4, -0.2) is 17.3 Å². The van der Waals surface area contributed by atoms with Crippen LogP contribution in [0.3, 0.4) is 0 Å². The molecule has 0 saturated heterocycles. The fraction of sp³-hybridized carbons (Fsp3) is 0.273. The maximum Gasteiger partial charge on any atom is 0.222 e. The first-order chi connectivity index (χ1) is 7.72. The summed E-state index contributed by atoms with van der Waals surface area (Å²) in [6.07, 6.45) is 0.737. The van der Waals surface area contributed by atoms with E-state index in [1.165, 1.54) is 22.7 Å². The number of thiazole rings is 1. The van der Waals surface area contributed by atoms with E-state index in [2.05, 4.69) is 4.98 Å². The van der Waals surface area contributed by atoms with Crippen LogP contribution in [0.4, 0.5) is 0 Å². The number of aryl methyl sites for hydroxylation is 1. The van der Waals surface area contributed by atoms with E-state index in [4.69, 9.17) is 5.73 Å². The number of hydrogen-bond donors (Lipinski definition) is 1. The van der Waals surface area contributed by atoms with Crippen LogP contribution in [0.5, 0.6) is 0 Å². The summed E-state index contributed by atoms with van der Waals surface area (Å²) in [5.74, 6) is 0.0204. The Kier molecular flexibility index (Phi) is 3.48. The topological polar surface area (TPSA) is 56.0 Å². The minimum absolute atomic E-state index is 0.0204. The number of hydrogen-bond acceptors (Lipinski definition) is 5. The van der Waals surface area contributed by atoms with Crippen molar-refractivity contribution in [3.8, 4) is 0 Å². The van der Waals surface area contributed by atoms with Gasteiger partial charge in [0.15, 0.2) is 0 Å². The van der Waals surface area contributed by atoms with Gasteiger partial charge >= 0.3 is 0 Å². The molecule has 0 aliphatic carbocycles. The molecule has 2 rings (SSSR count). The molecule has 5 heteroatoms. The molecular formula is C11H12N2OS2.